The number of hydrogen-bond donors (Lipinski definition) is 1. The molecule has 0 heterocycles. The van der Waals surface area contributed by atoms with Gasteiger partial charge in [0.05, 0.1) is 5.41 Å². The van der Waals surface area contributed by atoms with Crippen molar-refractivity contribution in [2.75, 3.05) is 13.3 Å². The zero-order valence-electron chi connectivity index (χ0n) is 10.5. The van der Waals surface area contributed by atoms with Crippen molar-refractivity contribution in [2.24, 2.45) is 5.41 Å². The summed E-state index contributed by atoms with van der Waals surface area (Å²) in [5, 5.41) is 2.54. The van der Waals surface area contributed by atoms with Gasteiger partial charge in [-0.15, -0.1) is 0 Å². The fourth-order valence-corrected chi connectivity index (χ4v) is 0.771. The fourth-order valence-electron chi connectivity index (χ4n) is 0.771. The Morgan fingerprint density at radius 2 is 1.81 bits per heavy atom. The zero-order chi connectivity index (χ0) is 12.6. The van der Waals surface area contributed by atoms with Gasteiger partial charge in [0.1, 0.15) is 0 Å². The summed E-state index contributed by atoms with van der Waals surface area (Å²) in [5.41, 5.74) is -0.581. The van der Waals surface area contributed by atoms with Gasteiger partial charge in [-0.25, -0.2) is 4.79 Å². The lowest BCUT2D eigenvalue weighted by molar-refractivity contribution is -0.161. The molecule has 1 N–H and O–H groups in total. The third-order valence-corrected chi connectivity index (χ3v) is 1.79. The molecular formula is C11H21NO4. The van der Waals surface area contributed by atoms with Gasteiger partial charge in [-0.3, -0.25) is 4.79 Å². The number of rotatable bonds is 5. The molecule has 5 heteroatoms. The molecule has 0 saturated heterocycles. The number of carbonyl (C=O) groups excluding carboxylic acids is 2. The SMILES string of the molecule is CCCCNC(=O)OCOC(=O)C(C)(C)C. The minimum absolute atomic E-state index is 0.339. The number of nitrogens with one attached hydrogen (secondary N) is 1. The van der Waals surface area contributed by atoms with Crippen molar-refractivity contribution in [2.45, 2.75) is 40.5 Å². The van der Waals surface area contributed by atoms with Crippen LogP contribution in [0.25, 0.3) is 0 Å². The molecule has 0 saturated carbocycles. The molecule has 0 fully saturated rings. The molecule has 0 aliphatic heterocycles. The van der Waals surface area contributed by atoms with Crippen molar-refractivity contribution in [3.05, 3.63) is 0 Å². The maximum Gasteiger partial charge on any atom is 0.410 e. The zero-order valence-corrected chi connectivity index (χ0v) is 10.5. The van der Waals surface area contributed by atoms with Crippen molar-refractivity contribution in [1.29, 1.82) is 0 Å². The second-order valence-corrected chi connectivity index (χ2v) is 4.51. The highest BCUT2D eigenvalue weighted by molar-refractivity contribution is 5.75. The van der Waals surface area contributed by atoms with E-state index in [9.17, 15) is 9.59 Å². The summed E-state index contributed by atoms with van der Waals surface area (Å²) in [6.45, 7) is 7.46. The number of amides is 1. The first kappa shape index (κ1) is 14.7. The molecule has 0 aliphatic rings. The third kappa shape index (κ3) is 7.09. The Hall–Kier alpha value is -1.26. The summed E-state index contributed by atoms with van der Waals surface area (Å²) in [5.74, 6) is -0.395. The maximum atomic E-state index is 11.3. The van der Waals surface area contributed by atoms with Crippen molar-refractivity contribution >= 4 is 12.1 Å². The highest BCUT2D eigenvalue weighted by Gasteiger charge is 2.23. The quantitative estimate of drug-likeness (QED) is 0.447. The monoisotopic (exact) mass is 231 g/mol. The van der Waals surface area contributed by atoms with Crippen LogP contribution >= 0.6 is 0 Å². The minimum atomic E-state index is -0.581. The van der Waals surface area contributed by atoms with Gasteiger partial charge in [-0.05, 0) is 27.2 Å². The number of esters is 1. The summed E-state index contributed by atoms with van der Waals surface area (Å²) in [4.78, 5) is 22.3. The van der Waals surface area contributed by atoms with Crippen molar-refractivity contribution in [1.82, 2.24) is 5.32 Å². The predicted octanol–water partition coefficient (Wildman–Crippen LogP) is 2.06. The van der Waals surface area contributed by atoms with Crippen LogP contribution in [0.2, 0.25) is 0 Å². The Balaban J connectivity index is 3.59. The second kappa shape index (κ2) is 7.09. The number of alkyl carbamates (subject to hydrolysis) is 1. The van der Waals surface area contributed by atoms with Gasteiger partial charge >= 0.3 is 12.1 Å². The van der Waals surface area contributed by atoms with E-state index in [1.165, 1.54) is 0 Å². The number of carbonyl (C=O) groups is 2. The fraction of sp³-hybridized carbons (Fsp3) is 0.818. The average molecular weight is 231 g/mol. The van der Waals surface area contributed by atoms with Gasteiger partial charge < -0.3 is 14.8 Å². The Bertz CT molecular complexity index is 233. The van der Waals surface area contributed by atoms with E-state index in [1.54, 1.807) is 20.8 Å². The molecule has 0 spiro atoms. The van der Waals surface area contributed by atoms with Crippen LogP contribution in [0.15, 0.2) is 0 Å². The summed E-state index contributed by atoms with van der Waals surface area (Å²) >= 11 is 0. The number of hydrogen-bond acceptors (Lipinski definition) is 4. The molecule has 0 aromatic rings. The van der Waals surface area contributed by atoms with Gasteiger partial charge in [0, 0.05) is 6.54 Å². The van der Waals surface area contributed by atoms with Crippen LogP contribution in [0.5, 0.6) is 0 Å². The van der Waals surface area contributed by atoms with Crippen LogP contribution in [0, 0.1) is 5.41 Å². The average Bonchev–Trinajstić information content (AvgIpc) is 2.16. The lowest BCUT2D eigenvalue weighted by atomic mass is 9.98. The van der Waals surface area contributed by atoms with Gasteiger partial charge in [0.15, 0.2) is 0 Å². The predicted molar refractivity (Wildman–Crippen MR) is 59.8 cm³/mol. The van der Waals surface area contributed by atoms with Crippen LogP contribution in [0.3, 0.4) is 0 Å². The van der Waals surface area contributed by atoms with Gasteiger partial charge in [0.2, 0.25) is 6.79 Å². The van der Waals surface area contributed by atoms with Gasteiger partial charge in [-0.2, -0.15) is 0 Å². The Kier molecular flexibility index (Phi) is 6.53. The van der Waals surface area contributed by atoms with Crippen LogP contribution in [0.1, 0.15) is 40.5 Å². The lowest BCUT2D eigenvalue weighted by Gasteiger charge is -2.16. The summed E-state index contributed by atoms with van der Waals surface area (Å²) in [6, 6.07) is 0. The molecule has 5 nitrogen and oxygen atoms in total. The summed E-state index contributed by atoms with van der Waals surface area (Å²) < 4.78 is 9.42. The Morgan fingerprint density at radius 3 is 2.31 bits per heavy atom. The number of ether oxygens (including phenoxy) is 2. The first-order valence-corrected chi connectivity index (χ1v) is 5.45. The van der Waals surface area contributed by atoms with E-state index >= 15 is 0 Å². The molecular weight excluding hydrogens is 210 g/mol. The normalized spacial score (nSPS) is 10.8. The maximum absolute atomic E-state index is 11.3. The minimum Gasteiger partial charge on any atom is -0.427 e. The molecule has 0 aliphatic carbocycles. The van der Waals surface area contributed by atoms with E-state index in [0.29, 0.717) is 6.54 Å². The molecule has 94 valence electrons. The lowest BCUT2D eigenvalue weighted by Crippen LogP contribution is -2.29. The van der Waals surface area contributed by atoms with E-state index in [0.717, 1.165) is 12.8 Å². The van der Waals surface area contributed by atoms with Crippen molar-refractivity contribution in [3.63, 3.8) is 0 Å². The van der Waals surface area contributed by atoms with Crippen molar-refractivity contribution < 1.29 is 19.1 Å². The van der Waals surface area contributed by atoms with E-state index in [2.05, 4.69) is 10.1 Å². The standard InChI is InChI=1S/C11H21NO4/c1-5-6-7-12-10(14)16-8-15-9(13)11(2,3)4/h5-8H2,1-4H3,(H,12,14). The van der Waals surface area contributed by atoms with E-state index < -0.39 is 17.5 Å². The molecule has 0 radical (unpaired) electrons. The van der Waals surface area contributed by atoms with E-state index in [-0.39, 0.29) is 6.79 Å². The summed E-state index contributed by atoms with van der Waals surface area (Å²) in [6.07, 6.45) is 1.34. The van der Waals surface area contributed by atoms with Crippen LogP contribution in [0.4, 0.5) is 4.79 Å². The first-order chi connectivity index (χ1) is 7.38. The Labute approximate surface area is 96.5 Å². The van der Waals surface area contributed by atoms with Crippen LogP contribution in [-0.2, 0) is 14.3 Å². The molecule has 0 aromatic heterocycles. The molecule has 0 bridgehead atoms. The third-order valence-electron chi connectivity index (χ3n) is 1.79. The Morgan fingerprint density at radius 1 is 1.19 bits per heavy atom. The molecule has 0 rings (SSSR count). The van der Waals surface area contributed by atoms with Crippen molar-refractivity contribution in [3.8, 4) is 0 Å². The highest BCUT2D eigenvalue weighted by atomic mass is 16.7. The first-order valence-electron chi connectivity index (χ1n) is 5.45. The molecule has 1 amide bonds. The molecule has 0 atom stereocenters. The molecule has 0 aromatic carbocycles. The molecule has 16 heavy (non-hydrogen) atoms. The van der Waals surface area contributed by atoms with Crippen LogP contribution in [-0.4, -0.2) is 25.4 Å². The topological polar surface area (TPSA) is 64.6 Å². The molecule has 0 unspecified atom stereocenters. The highest BCUT2D eigenvalue weighted by Crippen LogP contribution is 2.14. The van der Waals surface area contributed by atoms with E-state index in [1.807, 2.05) is 6.92 Å². The number of unbranched alkanes of at least 4 members (excludes halogenated alkanes) is 1. The van der Waals surface area contributed by atoms with Crippen LogP contribution < -0.4 is 5.32 Å². The second-order valence-electron chi connectivity index (χ2n) is 4.51. The largest absolute Gasteiger partial charge is 0.427 e. The van der Waals surface area contributed by atoms with E-state index in [4.69, 9.17) is 4.74 Å². The summed E-state index contributed by atoms with van der Waals surface area (Å²) in [7, 11) is 0. The van der Waals surface area contributed by atoms with Gasteiger partial charge in [0.25, 0.3) is 0 Å². The smallest absolute Gasteiger partial charge is 0.410 e. The van der Waals surface area contributed by atoms with Gasteiger partial charge in [-0.1, -0.05) is 13.3 Å².